The average molecular weight is 335 g/mol. The first kappa shape index (κ1) is 18.1. The zero-order valence-electron chi connectivity index (χ0n) is 12.4. The lowest BCUT2D eigenvalue weighted by atomic mass is 10.2. The van der Waals surface area contributed by atoms with E-state index in [1.54, 1.807) is 0 Å². The molecule has 0 bridgehead atoms. The lowest BCUT2D eigenvalue weighted by Gasteiger charge is -2.12. The number of ether oxygens (including phenoxy) is 2. The fourth-order valence-electron chi connectivity index (χ4n) is 1.81. The molecule has 4 nitrogen and oxygen atoms in total. The van der Waals surface area contributed by atoms with E-state index >= 15 is 0 Å². The van der Waals surface area contributed by atoms with Gasteiger partial charge in [-0.05, 0) is 31.4 Å². The molecule has 0 aliphatic carbocycles. The van der Waals surface area contributed by atoms with Crippen molar-refractivity contribution in [2.24, 2.45) is 0 Å². The maximum atomic E-state index is 10.8. The van der Waals surface area contributed by atoms with Crippen LogP contribution in [0.15, 0.2) is 24.3 Å². The Bertz CT molecular complexity index is 502. The lowest BCUT2D eigenvalue weighted by molar-refractivity contribution is 0.263. The first-order valence-electron chi connectivity index (χ1n) is 7.30. The van der Waals surface area contributed by atoms with Crippen LogP contribution in [0, 0.1) is 0 Å². The van der Waals surface area contributed by atoms with Gasteiger partial charge in [-0.1, -0.05) is 31.9 Å². The maximum Gasteiger partial charge on any atom is 0.232 e. The second-order valence-corrected chi connectivity index (χ2v) is 7.70. The van der Waals surface area contributed by atoms with Gasteiger partial charge < -0.3 is 9.47 Å². The number of hydrogen-bond acceptors (Lipinski definition) is 4. The minimum Gasteiger partial charge on any atom is -0.490 e. The van der Waals surface area contributed by atoms with E-state index in [4.69, 9.17) is 20.2 Å². The fraction of sp³-hybridized carbons (Fsp3) is 0.600. The van der Waals surface area contributed by atoms with Gasteiger partial charge >= 0.3 is 0 Å². The molecular formula is C15H23ClO4S. The Morgan fingerprint density at radius 1 is 0.952 bits per heavy atom. The number of para-hydroxylation sites is 2. The van der Waals surface area contributed by atoms with E-state index in [0.29, 0.717) is 19.6 Å². The quantitative estimate of drug-likeness (QED) is 0.453. The molecule has 21 heavy (non-hydrogen) atoms. The summed E-state index contributed by atoms with van der Waals surface area (Å²) in [5, 5.41) is 0. The third kappa shape index (κ3) is 8.83. The van der Waals surface area contributed by atoms with E-state index in [0.717, 1.165) is 37.2 Å². The van der Waals surface area contributed by atoms with Crippen LogP contribution in [0.5, 0.6) is 11.5 Å². The molecule has 0 radical (unpaired) electrons. The molecule has 0 aliphatic rings. The van der Waals surface area contributed by atoms with Gasteiger partial charge in [0.15, 0.2) is 11.5 Å². The Labute approximate surface area is 131 Å². The highest BCUT2D eigenvalue weighted by Gasteiger charge is 2.05. The highest BCUT2D eigenvalue weighted by Crippen LogP contribution is 2.26. The Morgan fingerprint density at radius 2 is 1.52 bits per heavy atom. The molecule has 6 heteroatoms. The Balaban J connectivity index is 2.20. The first-order valence-corrected chi connectivity index (χ1v) is 9.77. The van der Waals surface area contributed by atoms with Gasteiger partial charge in [-0.3, -0.25) is 0 Å². The molecule has 0 fully saturated rings. The van der Waals surface area contributed by atoms with Crippen molar-refractivity contribution in [2.45, 2.75) is 39.0 Å². The summed E-state index contributed by atoms with van der Waals surface area (Å²) < 4.78 is 32.8. The van der Waals surface area contributed by atoms with Crippen LogP contribution >= 0.6 is 10.7 Å². The largest absolute Gasteiger partial charge is 0.490 e. The van der Waals surface area contributed by atoms with Gasteiger partial charge in [0, 0.05) is 10.7 Å². The average Bonchev–Trinajstić information content (AvgIpc) is 2.44. The zero-order valence-corrected chi connectivity index (χ0v) is 14.0. The second-order valence-electron chi connectivity index (χ2n) is 4.80. The highest BCUT2D eigenvalue weighted by molar-refractivity contribution is 8.13. The molecule has 1 rings (SSSR count). The summed E-state index contributed by atoms with van der Waals surface area (Å²) in [6, 6.07) is 7.63. The topological polar surface area (TPSA) is 52.6 Å². The van der Waals surface area contributed by atoms with Crippen molar-refractivity contribution >= 4 is 19.7 Å². The van der Waals surface area contributed by atoms with Crippen molar-refractivity contribution in [3.05, 3.63) is 24.3 Å². The van der Waals surface area contributed by atoms with E-state index in [-0.39, 0.29) is 5.75 Å². The van der Waals surface area contributed by atoms with Gasteiger partial charge in [0.1, 0.15) is 0 Å². The molecule has 0 amide bonds. The normalized spacial score (nSPS) is 11.3. The monoisotopic (exact) mass is 334 g/mol. The smallest absolute Gasteiger partial charge is 0.232 e. The van der Waals surface area contributed by atoms with Gasteiger partial charge in [0.05, 0.1) is 19.0 Å². The van der Waals surface area contributed by atoms with Crippen LogP contribution in [0.2, 0.25) is 0 Å². The van der Waals surface area contributed by atoms with Gasteiger partial charge in [0.2, 0.25) is 9.05 Å². The summed E-state index contributed by atoms with van der Waals surface area (Å²) in [7, 11) is 1.80. The van der Waals surface area contributed by atoms with Crippen molar-refractivity contribution in [3.8, 4) is 11.5 Å². The van der Waals surface area contributed by atoms with Crippen LogP contribution in [0.3, 0.4) is 0 Å². The minimum atomic E-state index is -3.35. The van der Waals surface area contributed by atoms with Gasteiger partial charge in [-0.25, -0.2) is 8.42 Å². The number of rotatable bonds is 11. The summed E-state index contributed by atoms with van der Waals surface area (Å²) in [5.41, 5.74) is 0. The van der Waals surface area contributed by atoms with Crippen LogP contribution in [0.4, 0.5) is 0 Å². The van der Waals surface area contributed by atoms with E-state index in [1.807, 2.05) is 24.3 Å². The molecule has 0 heterocycles. The van der Waals surface area contributed by atoms with Crippen LogP contribution < -0.4 is 9.47 Å². The third-order valence-electron chi connectivity index (χ3n) is 2.85. The maximum absolute atomic E-state index is 10.8. The highest BCUT2D eigenvalue weighted by atomic mass is 35.7. The number of unbranched alkanes of at least 4 members (excludes halogenated alkanes) is 3. The first-order chi connectivity index (χ1) is 10.0. The van der Waals surface area contributed by atoms with E-state index in [2.05, 4.69) is 6.92 Å². The molecule has 0 atom stereocenters. The van der Waals surface area contributed by atoms with Gasteiger partial charge in [0.25, 0.3) is 0 Å². The molecule has 120 valence electrons. The molecule has 0 saturated heterocycles. The van der Waals surface area contributed by atoms with E-state index in [9.17, 15) is 8.42 Å². The molecule has 0 aliphatic heterocycles. The molecule has 0 saturated carbocycles. The molecule has 0 spiro atoms. The van der Waals surface area contributed by atoms with Crippen LogP contribution in [-0.2, 0) is 9.05 Å². The van der Waals surface area contributed by atoms with Crippen molar-refractivity contribution in [1.29, 1.82) is 0 Å². The van der Waals surface area contributed by atoms with Crippen molar-refractivity contribution in [2.75, 3.05) is 19.0 Å². The summed E-state index contributed by atoms with van der Waals surface area (Å²) in [6.45, 7) is 3.33. The minimum absolute atomic E-state index is 0.0447. The standard InChI is InChI=1S/C15H23ClO4S/c1-2-11-19-14-9-5-6-10-15(14)20-12-7-3-4-8-13-21(16,17)18/h5-6,9-10H,2-4,7-8,11-13H2,1H3. The van der Waals surface area contributed by atoms with Crippen molar-refractivity contribution in [3.63, 3.8) is 0 Å². The summed E-state index contributed by atoms with van der Waals surface area (Å²) >= 11 is 0. The van der Waals surface area contributed by atoms with Crippen LogP contribution in [0.25, 0.3) is 0 Å². The molecule has 0 N–H and O–H groups in total. The molecule has 0 aromatic heterocycles. The van der Waals surface area contributed by atoms with Gasteiger partial charge in [-0.2, -0.15) is 0 Å². The van der Waals surface area contributed by atoms with Crippen LogP contribution in [0.1, 0.15) is 39.0 Å². The molecular weight excluding hydrogens is 312 g/mol. The number of benzene rings is 1. The molecule has 1 aromatic rings. The second kappa shape index (κ2) is 9.90. The van der Waals surface area contributed by atoms with Gasteiger partial charge in [-0.15, -0.1) is 0 Å². The SMILES string of the molecule is CCCOc1ccccc1OCCCCCCS(=O)(=O)Cl. The Morgan fingerprint density at radius 3 is 2.10 bits per heavy atom. The third-order valence-corrected chi connectivity index (χ3v) is 4.09. The lowest BCUT2D eigenvalue weighted by Crippen LogP contribution is -2.02. The Kier molecular flexibility index (Phi) is 8.54. The molecule has 1 aromatic carbocycles. The fourth-order valence-corrected chi connectivity index (χ4v) is 2.69. The summed E-state index contributed by atoms with van der Waals surface area (Å²) in [5.74, 6) is 1.57. The molecule has 0 unspecified atom stereocenters. The van der Waals surface area contributed by atoms with E-state index < -0.39 is 9.05 Å². The van der Waals surface area contributed by atoms with Crippen molar-refractivity contribution < 1.29 is 17.9 Å². The van der Waals surface area contributed by atoms with E-state index in [1.165, 1.54) is 0 Å². The number of halogens is 1. The van der Waals surface area contributed by atoms with Crippen LogP contribution in [-0.4, -0.2) is 27.4 Å². The van der Waals surface area contributed by atoms with Crippen molar-refractivity contribution in [1.82, 2.24) is 0 Å². The Hall–Kier alpha value is -0.940. The predicted octanol–water partition coefficient (Wildman–Crippen LogP) is 3.98. The summed E-state index contributed by atoms with van der Waals surface area (Å²) in [6.07, 6.45) is 4.19. The zero-order chi connectivity index (χ0) is 15.6. The predicted molar refractivity (Wildman–Crippen MR) is 85.8 cm³/mol. The number of hydrogen-bond donors (Lipinski definition) is 0. The summed E-state index contributed by atoms with van der Waals surface area (Å²) in [4.78, 5) is 0.